The fourth-order valence-electron chi connectivity index (χ4n) is 2.21. The van der Waals surface area contributed by atoms with E-state index >= 15 is 0 Å². The molecule has 1 aliphatic heterocycles. The minimum atomic E-state index is -1.06. The SMILES string of the molecule is NC(CO)CN1C[C@@H](F)Cc2c(Br)sc(C(=O)O)c21. The van der Waals surface area contributed by atoms with Gasteiger partial charge in [-0.15, -0.1) is 11.3 Å². The molecule has 8 heteroatoms. The molecule has 4 N–H and O–H groups in total. The topological polar surface area (TPSA) is 86.8 Å². The predicted octanol–water partition coefficient (Wildman–Crippen LogP) is 1.23. The number of carboxylic acid groups (broad SMARTS) is 1. The number of carbonyl (C=O) groups is 1. The van der Waals surface area contributed by atoms with Gasteiger partial charge in [0.05, 0.1) is 16.1 Å². The molecule has 1 aliphatic rings. The first kappa shape index (κ1) is 14.7. The molecule has 0 aliphatic carbocycles. The van der Waals surface area contributed by atoms with Crippen LogP contribution in [0.3, 0.4) is 0 Å². The Bertz CT molecular complexity index is 497. The molecule has 2 atom stereocenters. The summed E-state index contributed by atoms with van der Waals surface area (Å²) >= 11 is 4.37. The van der Waals surface area contributed by atoms with Crippen LogP contribution in [0.15, 0.2) is 3.79 Å². The van der Waals surface area contributed by atoms with Crippen LogP contribution in [0.4, 0.5) is 10.1 Å². The van der Waals surface area contributed by atoms with Gasteiger partial charge in [0.25, 0.3) is 0 Å². The molecule has 0 saturated heterocycles. The molecule has 2 heterocycles. The van der Waals surface area contributed by atoms with Gasteiger partial charge in [-0.25, -0.2) is 9.18 Å². The van der Waals surface area contributed by atoms with Crippen LogP contribution < -0.4 is 10.6 Å². The van der Waals surface area contributed by atoms with E-state index in [9.17, 15) is 14.3 Å². The van der Waals surface area contributed by atoms with Crippen LogP contribution in [0.25, 0.3) is 0 Å². The van der Waals surface area contributed by atoms with E-state index in [1.807, 2.05) is 0 Å². The molecule has 0 saturated carbocycles. The Morgan fingerprint density at radius 1 is 1.68 bits per heavy atom. The minimum Gasteiger partial charge on any atom is -0.477 e. The van der Waals surface area contributed by atoms with Crippen molar-refractivity contribution in [1.82, 2.24) is 0 Å². The molecule has 5 nitrogen and oxygen atoms in total. The number of aliphatic hydroxyl groups is 1. The molecule has 106 valence electrons. The number of aromatic carboxylic acids is 1. The van der Waals surface area contributed by atoms with E-state index in [-0.39, 0.29) is 31.0 Å². The van der Waals surface area contributed by atoms with Gasteiger partial charge in [-0.3, -0.25) is 0 Å². The van der Waals surface area contributed by atoms with Gasteiger partial charge in [0.15, 0.2) is 0 Å². The van der Waals surface area contributed by atoms with Crippen LogP contribution in [0.2, 0.25) is 0 Å². The van der Waals surface area contributed by atoms with E-state index in [2.05, 4.69) is 15.9 Å². The maximum atomic E-state index is 13.7. The zero-order chi connectivity index (χ0) is 14.2. The smallest absolute Gasteiger partial charge is 0.348 e. The Morgan fingerprint density at radius 3 is 2.95 bits per heavy atom. The van der Waals surface area contributed by atoms with Crippen molar-refractivity contribution in [3.05, 3.63) is 14.2 Å². The van der Waals surface area contributed by atoms with Gasteiger partial charge >= 0.3 is 5.97 Å². The van der Waals surface area contributed by atoms with Crippen molar-refractivity contribution in [1.29, 1.82) is 0 Å². The number of hydrogen-bond donors (Lipinski definition) is 3. The minimum absolute atomic E-state index is 0.101. The third kappa shape index (κ3) is 2.91. The average Bonchev–Trinajstić information content (AvgIpc) is 2.67. The van der Waals surface area contributed by atoms with E-state index in [4.69, 9.17) is 10.8 Å². The van der Waals surface area contributed by atoms with Crippen molar-refractivity contribution in [3.8, 4) is 0 Å². The van der Waals surface area contributed by atoms with Gasteiger partial charge in [0.1, 0.15) is 11.0 Å². The van der Waals surface area contributed by atoms with Crippen LogP contribution in [-0.4, -0.2) is 48.1 Å². The molecule has 0 bridgehead atoms. The molecule has 0 aromatic carbocycles. The first-order chi connectivity index (χ1) is 8.93. The average molecular weight is 353 g/mol. The number of thiophene rings is 1. The summed E-state index contributed by atoms with van der Waals surface area (Å²) in [4.78, 5) is 13.1. The summed E-state index contributed by atoms with van der Waals surface area (Å²) in [7, 11) is 0. The van der Waals surface area contributed by atoms with Crippen LogP contribution in [0.5, 0.6) is 0 Å². The van der Waals surface area contributed by atoms with E-state index in [1.54, 1.807) is 4.90 Å². The molecule has 19 heavy (non-hydrogen) atoms. The lowest BCUT2D eigenvalue weighted by atomic mass is 10.0. The summed E-state index contributed by atoms with van der Waals surface area (Å²) in [5, 5.41) is 18.2. The van der Waals surface area contributed by atoms with Crippen LogP contribution >= 0.6 is 27.3 Å². The number of rotatable bonds is 4. The quantitative estimate of drug-likeness (QED) is 0.758. The van der Waals surface area contributed by atoms with Crippen molar-refractivity contribution in [2.45, 2.75) is 18.6 Å². The molecule has 1 aromatic heterocycles. The molecular formula is C11H14BrFN2O3S. The molecule has 0 spiro atoms. The number of nitrogens with two attached hydrogens (primary N) is 1. The van der Waals surface area contributed by atoms with Crippen molar-refractivity contribution in [3.63, 3.8) is 0 Å². The van der Waals surface area contributed by atoms with E-state index in [0.29, 0.717) is 15.0 Å². The van der Waals surface area contributed by atoms with E-state index in [1.165, 1.54) is 0 Å². The molecular weight excluding hydrogens is 339 g/mol. The van der Waals surface area contributed by atoms with Crippen molar-refractivity contribution in [2.24, 2.45) is 5.73 Å². The van der Waals surface area contributed by atoms with Crippen LogP contribution in [0.1, 0.15) is 15.2 Å². The summed E-state index contributed by atoms with van der Waals surface area (Å²) in [5.41, 5.74) is 6.87. The molecule has 1 aromatic rings. The summed E-state index contributed by atoms with van der Waals surface area (Å²) in [6.07, 6.45) is -0.865. The van der Waals surface area contributed by atoms with Gasteiger partial charge in [0.2, 0.25) is 0 Å². The lowest BCUT2D eigenvalue weighted by Crippen LogP contribution is -2.45. The van der Waals surface area contributed by atoms with Crippen LogP contribution in [-0.2, 0) is 6.42 Å². The van der Waals surface area contributed by atoms with Gasteiger partial charge in [-0.05, 0) is 15.9 Å². The lowest BCUT2D eigenvalue weighted by Gasteiger charge is -2.33. The molecule has 2 rings (SSSR count). The van der Waals surface area contributed by atoms with Gasteiger partial charge < -0.3 is 20.8 Å². The second-order valence-corrected chi connectivity index (χ2v) is 6.82. The van der Waals surface area contributed by atoms with E-state index < -0.39 is 18.2 Å². The Balaban J connectivity index is 2.42. The molecule has 0 fully saturated rings. The Labute approximate surface area is 122 Å². The number of aliphatic hydroxyl groups excluding tert-OH is 1. The highest BCUT2D eigenvalue weighted by molar-refractivity contribution is 9.11. The number of anilines is 1. The highest BCUT2D eigenvalue weighted by Crippen LogP contribution is 2.43. The van der Waals surface area contributed by atoms with Crippen molar-refractivity contribution in [2.75, 3.05) is 24.6 Å². The van der Waals surface area contributed by atoms with Gasteiger partial charge in [0, 0.05) is 31.1 Å². The van der Waals surface area contributed by atoms with E-state index in [0.717, 1.165) is 11.3 Å². The lowest BCUT2D eigenvalue weighted by molar-refractivity contribution is 0.0702. The number of fused-ring (bicyclic) bond motifs is 1. The number of carboxylic acids is 1. The number of alkyl halides is 1. The maximum absolute atomic E-state index is 13.7. The summed E-state index contributed by atoms with van der Waals surface area (Å²) in [5.74, 6) is -1.04. The summed E-state index contributed by atoms with van der Waals surface area (Å²) in [6, 6.07) is -0.529. The second kappa shape index (κ2) is 5.74. The predicted molar refractivity (Wildman–Crippen MR) is 74.9 cm³/mol. The summed E-state index contributed by atoms with van der Waals surface area (Å²) < 4.78 is 14.4. The number of hydrogen-bond acceptors (Lipinski definition) is 5. The molecule has 1 unspecified atom stereocenters. The standard InChI is InChI=1S/C11H14BrFN2O3S/c12-10-7-1-5(13)2-15(3-6(14)4-16)8(7)9(19-10)11(17)18/h5-6,16H,1-4,14H2,(H,17,18)/t5-,6?/m0/s1. The number of nitrogens with zero attached hydrogens (tertiary/aromatic N) is 1. The Kier molecular flexibility index (Phi) is 4.44. The van der Waals surface area contributed by atoms with Crippen molar-refractivity contribution < 1.29 is 19.4 Å². The zero-order valence-electron chi connectivity index (χ0n) is 9.97. The first-order valence-corrected chi connectivity index (χ1v) is 7.34. The third-order valence-corrected chi connectivity index (χ3v) is 4.94. The van der Waals surface area contributed by atoms with Gasteiger partial charge in [-0.1, -0.05) is 0 Å². The molecule has 0 amide bonds. The zero-order valence-corrected chi connectivity index (χ0v) is 12.4. The summed E-state index contributed by atoms with van der Waals surface area (Å²) in [6.45, 7) is 0.105. The monoisotopic (exact) mass is 352 g/mol. The van der Waals surface area contributed by atoms with Crippen LogP contribution in [0, 0.1) is 0 Å². The largest absolute Gasteiger partial charge is 0.477 e. The maximum Gasteiger partial charge on any atom is 0.348 e. The fraction of sp³-hybridized carbons (Fsp3) is 0.545. The third-order valence-electron chi connectivity index (χ3n) is 2.97. The Hall–Kier alpha value is -0.700. The first-order valence-electron chi connectivity index (χ1n) is 5.74. The fourth-order valence-corrected chi connectivity index (χ4v) is 3.96. The highest BCUT2D eigenvalue weighted by atomic mass is 79.9. The Morgan fingerprint density at radius 2 is 2.37 bits per heavy atom. The second-order valence-electron chi connectivity index (χ2n) is 4.49. The highest BCUT2D eigenvalue weighted by Gasteiger charge is 2.33. The molecule has 0 radical (unpaired) electrons. The normalized spacial score (nSPS) is 20.2. The van der Waals surface area contributed by atoms with Gasteiger partial charge in [-0.2, -0.15) is 0 Å². The van der Waals surface area contributed by atoms with Crippen molar-refractivity contribution >= 4 is 38.9 Å². The number of halogens is 2.